The van der Waals surface area contributed by atoms with E-state index in [1.807, 2.05) is 35.0 Å². The van der Waals surface area contributed by atoms with Crippen molar-refractivity contribution in [1.82, 2.24) is 0 Å². The van der Waals surface area contributed by atoms with Crippen LogP contribution in [-0.2, 0) is 0 Å². The van der Waals surface area contributed by atoms with E-state index < -0.39 is 0 Å². The average Bonchev–Trinajstić information content (AvgIpc) is 3.29. The molecule has 0 aliphatic heterocycles. The van der Waals surface area contributed by atoms with Gasteiger partial charge >= 0.3 is 0 Å². The number of nitriles is 2. The fraction of sp³-hybridized carbons (Fsp3) is 0.111. The van der Waals surface area contributed by atoms with Crippen LogP contribution in [0, 0.1) is 22.7 Å². The SMILES string of the molecule is COc1csc(-c2ccc(-c3cc(OC)cs3)c(C#N)c2C#N)c1. The van der Waals surface area contributed by atoms with Crippen LogP contribution in [0.1, 0.15) is 11.1 Å². The van der Waals surface area contributed by atoms with E-state index in [2.05, 4.69) is 12.1 Å². The predicted molar refractivity (Wildman–Crippen MR) is 95.6 cm³/mol. The molecule has 2 heterocycles. The second-order valence-corrected chi connectivity index (χ2v) is 6.66. The Morgan fingerprint density at radius 3 is 1.50 bits per heavy atom. The first kappa shape index (κ1) is 16.1. The monoisotopic (exact) mass is 352 g/mol. The van der Waals surface area contributed by atoms with Gasteiger partial charge in [0.05, 0.1) is 25.3 Å². The predicted octanol–water partition coefficient (Wildman–Crippen LogP) is 4.90. The van der Waals surface area contributed by atoms with E-state index in [1.165, 1.54) is 22.7 Å². The van der Waals surface area contributed by atoms with Crippen molar-refractivity contribution >= 4 is 22.7 Å². The summed E-state index contributed by atoms with van der Waals surface area (Å²) in [5, 5.41) is 23.0. The maximum atomic E-state index is 9.63. The molecular weight excluding hydrogens is 340 g/mol. The lowest BCUT2D eigenvalue weighted by Crippen LogP contribution is -1.92. The van der Waals surface area contributed by atoms with Crippen LogP contribution >= 0.6 is 22.7 Å². The molecule has 3 aromatic rings. The minimum atomic E-state index is 0.381. The number of hydrogen-bond acceptors (Lipinski definition) is 6. The van der Waals surface area contributed by atoms with Gasteiger partial charge in [-0.2, -0.15) is 10.5 Å². The Morgan fingerprint density at radius 1 is 0.792 bits per heavy atom. The van der Waals surface area contributed by atoms with Crippen molar-refractivity contribution < 1.29 is 9.47 Å². The summed E-state index contributed by atoms with van der Waals surface area (Å²) in [5.74, 6) is 1.48. The fourth-order valence-electron chi connectivity index (χ4n) is 2.38. The largest absolute Gasteiger partial charge is 0.496 e. The lowest BCUT2D eigenvalue weighted by atomic mass is 9.95. The van der Waals surface area contributed by atoms with Crippen LogP contribution in [0.25, 0.3) is 20.9 Å². The third-order valence-corrected chi connectivity index (χ3v) is 5.47. The highest BCUT2D eigenvalue weighted by Crippen LogP contribution is 2.39. The molecule has 0 bridgehead atoms. The highest BCUT2D eigenvalue weighted by molar-refractivity contribution is 7.14. The molecular formula is C18H12N2O2S2. The summed E-state index contributed by atoms with van der Waals surface area (Å²) in [6.45, 7) is 0. The van der Waals surface area contributed by atoms with E-state index in [0.717, 1.165) is 32.4 Å². The molecule has 118 valence electrons. The van der Waals surface area contributed by atoms with E-state index in [9.17, 15) is 10.5 Å². The Labute approximate surface area is 147 Å². The number of nitrogens with zero attached hydrogens (tertiary/aromatic N) is 2. The van der Waals surface area contributed by atoms with Gasteiger partial charge in [0.2, 0.25) is 0 Å². The standard InChI is InChI=1S/C18H12N2O2S2/c1-21-11-5-17(23-9-11)13-3-4-14(16(8-20)15(13)7-19)18-6-12(22-2)10-24-18/h3-6,9-10H,1-2H3. The molecule has 0 saturated carbocycles. The maximum Gasteiger partial charge on any atom is 0.130 e. The molecule has 0 aliphatic carbocycles. The van der Waals surface area contributed by atoms with Crippen molar-refractivity contribution in [1.29, 1.82) is 10.5 Å². The van der Waals surface area contributed by atoms with Crippen LogP contribution in [0.15, 0.2) is 35.0 Å². The topological polar surface area (TPSA) is 66.0 Å². The van der Waals surface area contributed by atoms with Gasteiger partial charge in [-0.25, -0.2) is 0 Å². The lowest BCUT2D eigenvalue weighted by molar-refractivity contribution is 0.416. The molecule has 1 aromatic carbocycles. The van der Waals surface area contributed by atoms with Crippen molar-refractivity contribution in [2.75, 3.05) is 14.2 Å². The Balaban J connectivity index is 2.18. The first-order valence-electron chi connectivity index (χ1n) is 6.94. The third kappa shape index (κ3) is 2.74. The second kappa shape index (κ2) is 6.76. The van der Waals surface area contributed by atoms with Crippen LogP contribution in [0.4, 0.5) is 0 Å². The Morgan fingerprint density at radius 2 is 1.21 bits per heavy atom. The van der Waals surface area contributed by atoms with Gasteiger partial charge in [-0.3, -0.25) is 0 Å². The average molecular weight is 352 g/mol. The van der Waals surface area contributed by atoms with Gasteiger partial charge in [0, 0.05) is 31.6 Å². The second-order valence-electron chi connectivity index (χ2n) is 4.84. The van der Waals surface area contributed by atoms with Crippen LogP contribution in [0.2, 0.25) is 0 Å². The van der Waals surface area contributed by atoms with Gasteiger partial charge < -0.3 is 9.47 Å². The van der Waals surface area contributed by atoms with Crippen molar-refractivity contribution in [3.63, 3.8) is 0 Å². The molecule has 0 N–H and O–H groups in total. The summed E-state index contributed by atoms with van der Waals surface area (Å²) in [7, 11) is 3.20. The number of ether oxygens (including phenoxy) is 2. The van der Waals surface area contributed by atoms with E-state index >= 15 is 0 Å². The molecule has 6 heteroatoms. The molecule has 24 heavy (non-hydrogen) atoms. The van der Waals surface area contributed by atoms with Gasteiger partial charge in [0.15, 0.2) is 0 Å². The van der Waals surface area contributed by atoms with Crippen LogP contribution in [0.5, 0.6) is 11.5 Å². The van der Waals surface area contributed by atoms with E-state index in [-0.39, 0.29) is 0 Å². The smallest absolute Gasteiger partial charge is 0.130 e. The number of methoxy groups -OCH3 is 2. The first-order valence-corrected chi connectivity index (χ1v) is 8.70. The summed E-state index contributed by atoms with van der Waals surface area (Å²) in [4.78, 5) is 1.80. The fourth-order valence-corrected chi connectivity index (χ4v) is 4.16. The zero-order valence-electron chi connectivity index (χ0n) is 13.0. The molecule has 0 saturated heterocycles. The molecule has 0 unspecified atom stereocenters. The Hall–Kier alpha value is -2.80. The molecule has 0 aliphatic rings. The van der Waals surface area contributed by atoms with E-state index in [4.69, 9.17) is 9.47 Å². The molecule has 0 amide bonds. The molecule has 0 radical (unpaired) electrons. The quantitative estimate of drug-likeness (QED) is 0.669. The van der Waals surface area contributed by atoms with E-state index in [0.29, 0.717) is 11.1 Å². The molecule has 0 atom stereocenters. The zero-order chi connectivity index (χ0) is 17.1. The number of thiophene rings is 2. The summed E-state index contributed by atoms with van der Waals surface area (Å²) in [5.41, 5.74) is 2.25. The number of hydrogen-bond donors (Lipinski definition) is 0. The van der Waals surface area contributed by atoms with Crippen molar-refractivity contribution in [3.8, 4) is 44.5 Å². The lowest BCUT2D eigenvalue weighted by Gasteiger charge is -2.08. The summed E-state index contributed by atoms with van der Waals surface area (Å²) >= 11 is 2.96. The zero-order valence-corrected chi connectivity index (χ0v) is 14.6. The molecule has 2 aromatic heterocycles. The van der Waals surface area contributed by atoms with Gasteiger partial charge in [-0.15, -0.1) is 22.7 Å². The minimum Gasteiger partial charge on any atom is -0.496 e. The Kier molecular flexibility index (Phi) is 4.52. The molecule has 0 spiro atoms. The van der Waals surface area contributed by atoms with Crippen LogP contribution < -0.4 is 9.47 Å². The van der Waals surface area contributed by atoms with Crippen LogP contribution in [0.3, 0.4) is 0 Å². The normalized spacial score (nSPS) is 10.0. The highest BCUT2D eigenvalue weighted by atomic mass is 32.1. The van der Waals surface area contributed by atoms with E-state index in [1.54, 1.807) is 14.2 Å². The molecule has 4 nitrogen and oxygen atoms in total. The van der Waals surface area contributed by atoms with Gasteiger partial charge in [0.25, 0.3) is 0 Å². The number of rotatable bonds is 4. The Bertz CT molecular complexity index is 895. The van der Waals surface area contributed by atoms with Crippen molar-refractivity contribution in [2.24, 2.45) is 0 Å². The van der Waals surface area contributed by atoms with Gasteiger partial charge in [-0.05, 0) is 12.1 Å². The van der Waals surface area contributed by atoms with Gasteiger partial charge in [-0.1, -0.05) is 12.1 Å². The van der Waals surface area contributed by atoms with Crippen LogP contribution in [-0.4, -0.2) is 14.2 Å². The summed E-state index contributed by atoms with van der Waals surface area (Å²) in [6.07, 6.45) is 0. The number of benzene rings is 1. The summed E-state index contributed by atoms with van der Waals surface area (Å²) in [6, 6.07) is 11.9. The highest BCUT2D eigenvalue weighted by Gasteiger charge is 2.18. The third-order valence-electron chi connectivity index (χ3n) is 3.58. The molecule has 0 fully saturated rings. The molecule has 3 rings (SSSR count). The van der Waals surface area contributed by atoms with Crippen molar-refractivity contribution in [2.45, 2.75) is 0 Å². The maximum absolute atomic E-state index is 9.63. The van der Waals surface area contributed by atoms with Crippen molar-refractivity contribution in [3.05, 3.63) is 46.2 Å². The summed E-state index contributed by atoms with van der Waals surface area (Å²) < 4.78 is 10.4. The minimum absolute atomic E-state index is 0.381. The first-order chi connectivity index (χ1) is 11.7. The van der Waals surface area contributed by atoms with Gasteiger partial charge in [0.1, 0.15) is 23.6 Å².